The number of H-pyrrole nitrogens is 2. The van der Waals surface area contributed by atoms with Crippen LogP contribution in [0.25, 0.3) is 44.0 Å². The topological polar surface area (TPSA) is 73.5 Å². The summed E-state index contributed by atoms with van der Waals surface area (Å²) in [5.41, 5.74) is 8.96. The molecule has 34 heavy (non-hydrogen) atoms. The van der Waals surface area contributed by atoms with Crippen LogP contribution in [0.5, 0.6) is 0 Å². The van der Waals surface area contributed by atoms with Crippen molar-refractivity contribution in [2.45, 2.75) is 39.5 Å². The Labute approximate surface area is 198 Å². The van der Waals surface area contributed by atoms with E-state index >= 15 is 0 Å². The van der Waals surface area contributed by atoms with Crippen molar-refractivity contribution in [1.29, 1.82) is 0 Å². The summed E-state index contributed by atoms with van der Waals surface area (Å²) in [7, 11) is 0. The van der Waals surface area contributed by atoms with E-state index < -0.39 is 0 Å². The molecule has 3 heterocycles. The molecule has 0 spiro atoms. The van der Waals surface area contributed by atoms with Crippen molar-refractivity contribution >= 4 is 32.7 Å². The van der Waals surface area contributed by atoms with Crippen LogP contribution in [-0.2, 0) is 12.8 Å². The standard InChI is InChI=1S/C28H28N6/c1-3-34(4-2)15-7-10-24-27-25(33-32-24)14-13-23-26(27)20-8-5-6-9-21(20)28(30-23)18-11-12-22-19(16-18)17-29-31-22/h11-14,16-17H,3-6,8-9,15H2,1-2H3,(H,29,31)(H,32,33). The van der Waals surface area contributed by atoms with Gasteiger partial charge in [-0.05, 0) is 80.1 Å². The van der Waals surface area contributed by atoms with Crippen LogP contribution in [0.4, 0.5) is 0 Å². The molecule has 6 nitrogen and oxygen atoms in total. The van der Waals surface area contributed by atoms with Crippen molar-refractivity contribution in [2.75, 3.05) is 19.6 Å². The van der Waals surface area contributed by atoms with E-state index in [1.54, 1.807) is 0 Å². The zero-order valence-electron chi connectivity index (χ0n) is 19.7. The highest BCUT2D eigenvalue weighted by Gasteiger charge is 2.22. The predicted molar refractivity (Wildman–Crippen MR) is 138 cm³/mol. The highest BCUT2D eigenvalue weighted by atomic mass is 15.1. The molecule has 0 unspecified atom stereocenters. The predicted octanol–water partition coefficient (Wildman–Crippen LogP) is 5.23. The molecule has 6 heteroatoms. The van der Waals surface area contributed by atoms with Gasteiger partial charge in [0.15, 0.2) is 0 Å². The zero-order chi connectivity index (χ0) is 23.1. The van der Waals surface area contributed by atoms with Gasteiger partial charge in [0.1, 0.15) is 5.69 Å². The van der Waals surface area contributed by atoms with Gasteiger partial charge >= 0.3 is 0 Å². The maximum absolute atomic E-state index is 5.23. The van der Waals surface area contributed by atoms with Gasteiger partial charge in [0, 0.05) is 21.7 Å². The molecule has 0 bridgehead atoms. The van der Waals surface area contributed by atoms with Gasteiger partial charge in [-0.15, -0.1) is 0 Å². The molecule has 5 aromatic rings. The van der Waals surface area contributed by atoms with Crippen LogP contribution in [0.2, 0.25) is 0 Å². The first-order valence-electron chi connectivity index (χ1n) is 12.2. The lowest BCUT2D eigenvalue weighted by molar-refractivity contribution is 0.342. The average molecular weight is 449 g/mol. The summed E-state index contributed by atoms with van der Waals surface area (Å²) in [6, 6.07) is 10.7. The van der Waals surface area contributed by atoms with Crippen LogP contribution in [0.1, 0.15) is 43.5 Å². The minimum absolute atomic E-state index is 0.753. The summed E-state index contributed by atoms with van der Waals surface area (Å²) in [6.07, 6.45) is 6.38. The number of benzene rings is 2. The lowest BCUT2D eigenvalue weighted by Gasteiger charge is -2.22. The molecular formula is C28H28N6. The normalized spacial score (nSPS) is 13.5. The SMILES string of the molecule is CCN(CC)CC#Cc1n[nH]c2ccc3nc(-c4ccc5[nH]ncc5c4)c4c(c3c12)CCCC4. The van der Waals surface area contributed by atoms with Crippen molar-refractivity contribution in [3.8, 4) is 23.1 Å². The molecule has 0 aliphatic heterocycles. The molecule has 1 aliphatic rings. The number of pyridine rings is 1. The van der Waals surface area contributed by atoms with E-state index in [1.807, 2.05) is 6.20 Å². The molecule has 3 aromatic heterocycles. The lowest BCUT2D eigenvalue weighted by Crippen LogP contribution is -2.22. The molecule has 2 aromatic carbocycles. The number of aromatic nitrogens is 5. The fourth-order valence-corrected chi connectivity index (χ4v) is 5.23. The number of fused-ring (bicyclic) bond motifs is 6. The van der Waals surface area contributed by atoms with E-state index in [1.165, 1.54) is 29.4 Å². The van der Waals surface area contributed by atoms with Gasteiger partial charge in [-0.25, -0.2) is 4.98 Å². The van der Waals surface area contributed by atoms with Crippen molar-refractivity contribution in [3.63, 3.8) is 0 Å². The number of nitrogens with one attached hydrogen (secondary N) is 2. The third kappa shape index (κ3) is 3.44. The first-order chi connectivity index (χ1) is 16.8. The summed E-state index contributed by atoms with van der Waals surface area (Å²) in [5.74, 6) is 6.70. The molecular weight excluding hydrogens is 420 g/mol. The Balaban J connectivity index is 1.56. The minimum atomic E-state index is 0.753. The van der Waals surface area contributed by atoms with E-state index in [0.717, 1.165) is 76.7 Å². The largest absolute Gasteiger partial charge is 0.293 e. The average Bonchev–Trinajstić information content (AvgIpc) is 3.52. The molecule has 1 aliphatic carbocycles. The fraction of sp³-hybridized carbons (Fsp3) is 0.321. The van der Waals surface area contributed by atoms with Crippen LogP contribution >= 0.6 is 0 Å². The summed E-state index contributed by atoms with van der Waals surface area (Å²) >= 11 is 0. The summed E-state index contributed by atoms with van der Waals surface area (Å²) < 4.78 is 0. The Morgan fingerprint density at radius 3 is 2.62 bits per heavy atom. The molecule has 170 valence electrons. The van der Waals surface area contributed by atoms with Gasteiger partial charge in [0.05, 0.1) is 35.0 Å². The Hall–Kier alpha value is -3.69. The second-order valence-electron chi connectivity index (χ2n) is 9.01. The summed E-state index contributed by atoms with van der Waals surface area (Å²) in [6.45, 7) is 7.09. The minimum Gasteiger partial charge on any atom is -0.293 e. The van der Waals surface area contributed by atoms with Crippen LogP contribution in [-0.4, -0.2) is 49.9 Å². The molecule has 0 atom stereocenters. The molecule has 6 rings (SSSR count). The van der Waals surface area contributed by atoms with E-state index in [0.29, 0.717) is 0 Å². The molecule has 2 N–H and O–H groups in total. The Kier molecular flexibility index (Phi) is 5.27. The number of hydrogen-bond acceptors (Lipinski definition) is 4. The van der Waals surface area contributed by atoms with Crippen molar-refractivity contribution in [3.05, 3.63) is 53.3 Å². The Morgan fingerprint density at radius 1 is 0.941 bits per heavy atom. The van der Waals surface area contributed by atoms with Crippen LogP contribution < -0.4 is 0 Å². The van der Waals surface area contributed by atoms with Crippen LogP contribution in [0, 0.1) is 11.8 Å². The molecule has 0 saturated heterocycles. The first kappa shape index (κ1) is 20.9. The number of hydrogen-bond donors (Lipinski definition) is 2. The molecule has 0 saturated carbocycles. The highest BCUT2D eigenvalue weighted by Crippen LogP contribution is 2.39. The second-order valence-corrected chi connectivity index (χ2v) is 9.01. The molecule has 0 amide bonds. The monoisotopic (exact) mass is 448 g/mol. The zero-order valence-corrected chi connectivity index (χ0v) is 19.7. The van der Waals surface area contributed by atoms with E-state index in [4.69, 9.17) is 4.98 Å². The van der Waals surface area contributed by atoms with Crippen LogP contribution in [0.3, 0.4) is 0 Å². The fourth-order valence-electron chi connectivity index (χ4n) is 5.23. The van der Waals surface area contributed by atoms with Crippen LogP contribution in [0.15, 0.2) is 36.5 Å². The van der Waals surface area contributed by atoms with Gasteiger partial charge < -0.3 is 0 Å². The van der Waals surface area contributed by atoms with Crippen molar-refractivity contribution in [2.24, 2.45) is 0 Å². The number of aryl methyl sites for hydroxylation is 1. The maximum Gasteiger partial charge on any atom is 0.143 e. The van der Waals surface area contributed by atoms with Gasteiger partial charge in [-0.2, -0.15) is 10.2 Å². The van der Waals surface area contributed by atoms with E-state index in [9.17, 15) is 0 Å². The second kappa shape index (κ2) is 8.58. The van der Waals surface area contributed by atoms with E-state index in [2.05, 4.69) is 81.3 Å². The van der Waals surface area contributed by atoms with Gasteiger partial charge in [-0.1, -0.05) is 25.8 Å². The van der Waals surface area contributed by atoms with Gasteiger partial charge in [-0.3, -0.25) is 15.1 Å². The third-order valence-corrected chi connectivity index (χ3v) is 7.11. The highest BCUT2D eigenvalue weighted by molar-refractivity contribution is 6.10. The number of nitrogens with zero attached hydrogens (tertiary/aromatic N) is 4. The summed E-state index contributed by atoms with van der Waals surface area (Å²) in [4.78, 5) is 7.54. The third-order valence-electron chi connectivity index (χ3n) is 7.11. The van der Waals surface area contributed by atoms with Crippen molar-refractivity contribution < 1.29 is 0 Å². The number of rotatable bonds is 4. The molecule has 0 fully saturated rings. The number of aromatic amines is 2. The smallest absolute Gasteiger partial charge is 0.143 e. The van der Waals surface area contributed by atoms with E-state index in [-0.39, 0.29) is 0 Å². The Morgan fingerprint density at radius 2 is 1.76 bits per heavy atom. The Bertz CT molecular complexity index is 1580. The van der Waals surface area contributed by atoms with Gasteiger partial charge in [0.2, 0.25) is 0 Å². The summed E-state index contributed by atoms with van der Waals surface area (Å²) in [5, 5.41) is 18.5. The molecule has 0 radical (unpaired) electrons. The lowest BCUT2D eigenvalue weighted by atomic mass is 9.85. The maximum atomic E-state index is 5.23. The first-order valence-corrected chi connectivity index (χ1v) is 12.2. The van der Waals surface area contributed by atoms with Gasteiger partial charge in [0.25, 0.3) is 0 Å². The van der Waals surface area contributed by atoms with Crippen molar-refractivity contribution in [1.82, 2.24) is 30.3 Å². The quantitative estimate of drug-likeness (QED) is 0.370.